The second kappa shape index (κ2) is 18.2. The lowest BCUT2D eigenvalue weighted by Crippen LogP contribution is -2.71. The number of aliphatic hydroxyl groups excluding tert-OH is 1. The van der Waals surface area contributed by atoms with Crippen LogP contribution in [0.3, 0.4) is 0 Å². The molecule has 0 spiro atoms. The molecule has 55 heavy (non-hydrogen) atoms. The van der Waals surface area contributed by atoms with Gasteiger partial charge in [0.25, 0.3) is 0 Å². The highest BCUT2D eigenvalue weighted by molar-refractivity contribution is 6.71. The zero-order valence-electron chi connectivity index (χ0n) is 37.8. The molecule has 0 amide bonds. The Labute approximate surface area is 339 Å². The van der Waals surface area contributed by atoms with E-state index in [1.54, 1.807) is 7.11 Å². The number of hydrogen-bond acceptors (Lipinski definition) is 9. The summed E-state index contributed by atoms with van der Waals surface area (Å²) in [5.41, 5.74) is 4.30. The molecule has 6 atom stereocenters. The summed E-state index contributed by atoms with van der Waals surface area (Å²) in [5, 5.41) is 12.0. The number of hydrogen-bond donors (Lipinski definition) is 1. The molecule has 1 aliphatic rings. The van der Waals surface area contributed by atoms with Crippen LogP contribution in [-0.2, 0) is 55.2 Å². The van der Waals surface area contributed by atoms with E-state index < -0.39 is 83.7 Å². The van der Waals surface area contributed by atoms with Crippen molar-refractivity contribution in [3.05, 3.63) is 70.3 Å². The van der Waals surface area contributed by atoms with Gasteiger partial charge < -0.3 is 41.4 Å². The van der Waals surface area contributed by atoms with Crippen molar-refractivity contribution in [2.75, 3.05) is 13.7 Å². The Hall–Kier alpha value is -0.836. The van der Waals surface area contributed by atoms with E-state index in [9.17, 15) is 5.11 Å². The average molecular weight is 853 g/mol. The first-order chi connectivity index (χ1) is 24.9. The molecule has 1 heterocycles. The molecule has 3 rings (SSSR count). The molecule has 9 nitrogen and oxygen atoms in total. The van der Waals surface area contributed by atoms with Gasteiger partial charge >= 0.3 is 0 Å². The molecule has 0 bridgehead atoms. The summed E-state index contributed by atoms with van der Waals surface area (Å²) in [7, 11) is -9.70. The molecule has 1 N–H and O–H groups in total. The van der Waals surface area contributed by atoms with Gasteiger partial charge in [0.1, 0.15) is 30.5 Å². The lowest BCUT2D eigenvalue weighted by Gasteiger charge is -2.57. The number of methoxy groups -OCH3 is 1. The molecule has 2 unspecified atom stereocenters. The predicted octanol–water partition coefficient (Wildman–Crippen LogP) is 10.1. The molecule has 314 valence electrons. The van der Waals surface area contributed by atoms with Gasteiger partial charge in [-0.1, -0.05) is 43.3 Å². The van der Waals surface area contributed by atoms with Crippen LogP contribution < -0.4 is 0 Å². The third-order valence-electron chi connectivity index (χ3n) is 8.88. The van der Waals surface area contributed by atoms with E-state index in [0.717, 1.165) is 23.1 Å². The highest BCUT2D eigenvalue weighted by atomic mass is 28.4. The van der Waals surface area contributed by atoms with Crippen LogP contribution in [0.25, 0.3) is 0 Å². The third kappa shape index (κ3) is 14.7. The molecule has 1 aliphatic heterocycles. The third-order valence-corrected chi connectivity index (χ3v) is 13.8. The van der Waals surface area contributed by atoms with E-state index >= 15 is 0 Å². The van der Waals surface area contributed by atoms with Crippen molar-refractivity contribution in [3.63, 3.8) is 0 Å². The average Bonchev–Trinajstić information content (AvgIpc) is 3.02. The van der Waals surface area contributed by atoms with Crippen LogP contribution >= 0.6 is 0 Å². The first-order valence-corrected chi connectivity index (χ1v) is 37.1. The van der Waals surface area contributed by atoms with Crippen LogP contribution in [0.2, 0.25) is 98.2 Å². The Bertz CT molecular complexity index is 1520. The van der Waals surface area contributed by atoms with Crippen LogP contribution in [0.5, 0.6) is 0 Å². The highest BCUT2D eigenvalue weighted by Crippen LogP contribution is 2.49. The zero-order chi connectivity index (χ0) is 42.0. The van der Waals surface area contributed by atoms with Crippen molar-refractivity contribution < 1.29 is 41.4 Å². The monoisotopic (exact) mass is 852 g/mol. The van der Waals surface area contributed by atoms with Crippen molar-refractivity contribution in [2.45, 2.75) is 174 Å². The van der Waals surface area contributed by atoms with Gasteiger partial charge in [-0.3, -0.25) is 0 Å². The number of rotatable bonds is 19. The molecular formula is C41H76O9Si5. The van der Waals surface area contributed by atoms with Crippen LogP contribution in [0.15, 0.2) is 42.5 Å². The Balaban J connectivity index is 2.53. The Morgan fingerprint density at radius 2 is 1.24 bits per heavy atom. The molecule has 0 aromatic heterocycles. The number of aliphatic hydroxyl groups is 1. The van der Waals surface area contributed by atoms with E-state index in [4.69, 9.17) is 36.3 Å². The van der Waals surface area contributed by atoms with Crippen molar-refractivity contribution in [1.29, 1.82) is 0 Å². The first kappa shape index (κ1) is 48.5. The fraction of sp³-hybridized carbons (Fsp3) is 0.707. The van der Waals surface area contributed by atoms with Gasteiger partial charge in [0.2, 0.25) is 5.79 Å². The molecule has 1 fully saturated rings. The Kier molecular flexibility index (Phi) is 16.1. The molecule has 0 saturated carbocycles. The summed E-state index contributed by atoms with van der Waals surface area (Å²) in [6.45, 7) is 39.3. The topological polar surface area (TPSA) is 94.1 Å². The Morgan fingerprint density at radius 3 is 1.71 bits per heavy atom. The van der Waals surface area contributed by atoms with Gasteiger partial charge in [0.15, 0.2) is 47.4 Å². The minimum Gasteiger partial charge on any atom is -0.415 e. The maximum atomic E-state index is 12.0. The Morgan fingerprint density at radius 1 is 0.709 bits per heavy atom. The highest BCUT2D eigenvalue weighted by Gasteiger charge is 2.62. The van der Waals surface area contributed by atoms with E-state index in [-0.39, 0.29) is 6.61 Å². The lowest BCUT2D eigenvalue weighted by atomic mass is 9.84. The summed E-state index contributed by atoms with van der Waals surface area (Å²) in [4.78, 5) is 0. The summed E-state index contributed by atoms with van der Waals surface area (Å²) in [5.74, 6) is -2.35. The first-order valence-electron chi connectivity index (χ1n) is 20.0. The summed E-state index contributed by atoms with van der Waals surface area (Å²) < 4.78 is 56.0. The van der Waals surface area contributed by atoms with Gasteiger partial charge in [0, 0.05) is 12.7 Å². The number of ether oxygens (including phenoxy) is 3. The molecule has 1 saturated heterocycles. The van der Waals surface area contributed by atoms with Crippen molar-refractivity contribution in [3.8, 4) is 0 Å². The summed E-state index contributed by atoms with van der Waals surface area (Å²) in [6.07, 6.45) is -2.30. The number of benzene rings is 2. The van der Waals surface area contributed by atoms with Crippen LogP contribution in [0.1, 0.15) is 54.7 Å². The molecule has 2 aromatic carbocycles. The predicted molar refractivity (Wildman–Crippen MR) is 237 cm³/mol. The van der Waals surface area contributed by atoms with Crippen LogP contribution in [0.4, 0.5) is 0 Å². The minimum atomic E-state index is -2.50. The largest absolute Gasteiger partial charge is 0.415 e. The van der Waals surface area contributed by atoms with Gasteiger partial charge in [-0.25, -0.2) is 0 Å². The molecule has 0 aliphatic carbocycles. The quantitative estimate of drug-likeness (QED) is 0.110. The molecule has 14 heteroatoms. The number of aryl methyl sites for hydroxylation is 1. The SMILES string of the molecule is CCc1ccc(C(O)c2ccc(COC(C)(C)OC)c(C3(O[Si](C)(C)C)O[C@H](CO[Si](C)(C)C)[C@@H](O[Si](C)(C)C)[C@H](O[Si](C)(C)C)[C@H]3O[Si](C)(C)C)c2)cc1. The summed E-state index contributed by atoms with van der Waals surface area (Å²) in [6, 6.07) is 14.2. The van der Waals surface area contributed by atoms with E-state index in [1.165, 1.54) is 5.56 Å². The van der Waals surface area contributed by atoms with Crippen molar-refractivity contribution in [2.24, 2.45) is 0 Å². The van der Waals surface area contributed by atoms with E-state index in [2.05, 4.69) is 117 Å². The summed E-state index contributed by atoms with van der Waals surface area (Å²) >= 11 is 0. The van der Waals surface area contributed by atoms with Gasteiger partial charge in [-0.15, -0.1) is 0 Å². The van der Waals surface area contributed by atoms with Gasteiger partial charge in [-0.2, -0.15) is 0 Å². The van der Waals surface area contributed by atoms with Gasteiger partial charge in [-0.05, 0) is 147 Å². The maximum absolute atomic E-state index is 12.0. The second-order valence-corrected chi connectivity index (χ2v) is 42.6. The van der Waals surface area contributed by atoms with E-state index in [1.807, 2.05) is 44.2 Å². The smallest absolute Gasteiger partial charge is 0.215 e. The van der Waals surface area contributed by atoms with Gasteiger partial charge in [0.05, 0.1) is 13.2 Å². The molecule has 0 radical (unpaired) electrons. The van der Waals surface area contributed by atoms with E-state index in [0.29, 0.717) is 12.2 Å². The molecule has 2 aromatic rings. The van der Waals surface area contributed by atoms with Crippen LogP contribution in [-0.4, -0.2) is 90.6 Å². The fourth-order valence-corrected chi connectivity index (χ4v) is 11.6. The van der Waals surface area contributed by atoms with Crippen LogP contribution in [0, 0.1) is 0 Å². The maximum Gasteiger partial charge on any atom is 0.215 e. The normalized spacial score (nSPS) is 23.9. The fourth-order valence-electron chi connectivity index (χ4n) is 6.50. The standard InChI is InChI=1S/C41H76O9Si5/c1-20-30-21-23-31(24-22-30)36(42)32-25-26-33(28-44-40(2,3)43-4)34(27-32)41(50-55(17,18)19)39(49-54(14,15)16)38(48-53(11,12)13)37(47-52(8,9)10)35(46-41)29-45-51(5,6)7/h21-27,35-39,42H,20,28-29H2,1-19H3/t35-,36?,37-,38+,39-,41?/m1/s1. The minimum absolute atomic E-state index is 0.196. The second-order valence-electron chi connectivity index (χ2n) is 20.3. The van der Waals surface area contributed by atoms with Crippen molar-refractivity contribution in [1.82, 2.24) is 0 Å². The van der Waals surface area contributed by atoms with Crippen molar-refractivity contribution >= 4 is 41.6 Å². The molecular weight excluding hydrogens is 777 g/mol. The lowest BCUT2D eigenvalue weighted by molar-refractivity contribution is -0.340. The zero-order valence-corrected chi connectivity index (χ0v) is 42.8.